The van der Waals surface area contributed by atoms with Crippen molar-refractivity contribution < 1.29 is 0 Å². The molecule has 1 heteroatoms. The molecular formula is C17H17N. The molecule has 1 nitrogen and oxygen atoms in total. The fraction of sp³-hybridized carbons (Fsp3) is 0.176. The Kier molecular flexibility index (Phi) is 2.67. The maximum atomic E-state index is 3.35. The largest absolute Gasteiger partial charge is 0.361 e. The third-order valence-electron chi connectivity index (χ3n) is 3.46. The lowest BCUT2D eigenvalue weighted by Gasteiger charge is -2.11. The Bertz CT molecular complexity index is 677. The van der Waals surface area contributed by atoms with Gasteiger partial charge in [-0.1, -0.05) is 56.3 Å². The predicted octanol–water partition coefficient (Wildman–Crippen LogP) is 4.96. The van der Waals surface area contributed by atoms with Crippen molar-refractivity contribution >= 4 is 10.9 Å². The van der Waals surface area contributed by atoms with Crippen molar-refractivity contribution in [3.05, 3.63) is 60.3 Å². The van der Waals surface area contributed by atoms with E-state index in [0.29, 0.717) is 5.92 Å². The molecule has 0 spiro atoms. The van der Waals surface area contributed by atoms with Crippen LogP contribution >= 0.6 is 0 Å². The number of nitrogens with one attached hydrogen (secondary N) is 1. The second-order valence-electron chi connectivity index (χ2n) is 4.99. The van der Waals surface area contributed by atoms with Crippen LogP contribution in [0.4, 0.5) is 0 Å². The molecule has 0 aliphatic carbocycles. The normalized spacial score (nSPS) is 11.3. The van der Waals surface area contributed by atoms with E-state index in [1.807, 2.05) is 0 Å². The Morgan fingerprint density at radius 2 is 1.56 bits per heavy atom. The molecule has 0 amide bonds. The lowest BCUT2D eigenvalue weighted by molar-refractivity contribution is 0.869. The molecule has 3 aromatic rings. The summed E-state index contributed by atoms with van der Waals surface area (Å²) in [4.78, 5) is 3.35. The van der Waals surface area contributed by atoms with Crippen LogP contribution < -0.4 is 0 Å². The van der Waals surface area contributed by atoms with Crippen molar-refractivity contribution in [2.24, 2.45) is 0 Å². The van der Waals surface area contributed by atoms with Crippen LogP contribution in [0.2, 0.25) is 0 Å². The average molecular weight is 235 g/mol. The summed E-state index contributed by atoms with van der Waals surface area (Å²) in [6.07, 6.45) is 2.12. The lowest BCUT2D eigenvalue weighted by Crippen LogP contribution is -1.91. The number of fused-ring (bicyclic) bond motifs is 1. The Morgan fingerprint density at radius 3 is 2.39 bits per heavy atom. The van der Waals surface area contributed by atoms with Crippen molar-refractivity contribution in [2.75, 3.05) is 0 Å². The molecule has 1 heterocycles. The molecule has 2 aromatic carbocycles. The van der Waals surface area contributed by atoms with Crippen LogP contribution in [0, 0.1) is 0 Å². The number of para-hydroxylation sites is 1. The number of aromatic amines is 1. The van der Waals surface area contributed by atoms with Crippen molar-refractivity contribution in [3.63, 3.8) is 0 Å². The van der Waals surface area contributed by atoms with E-state index in [9.17, 15) is 0 Å². The highest BCUT2D eigenvalue weighted by Gasteiger charge is 2.11. The fourth-order valence-electron chi connectivity index (χ4n) is 2.54. The van der Waals surface area contributed by atoms with Gasteiger partial charge in [-0.3, -0.25) is 0 Å². The van der Waals surface area contributed by atoms with Crippen LogP contribution in [-0.4, -0.2) is 4.98 Å². The van der Waals surface area contributed by atoms with E-state index in [1.54, 1.807) is 0 Å². The molecule has 0 saturated carbocycles. The zero-order valence-electron chi connectivity index (χ0n) is 10.8. The van der Waals surface area contributed by atoms with Crippen LogP contribution in [0.5, 0.6) is 0 Å². The second-order valence-corrected chi connectivity index (χ2v) is 4.99. The first-order valence-electron chi connectivity index (χ1n) is 6.43. The molecule has 0 bridgehead atoms. The summed E-state index contributed by atoms with van der Waals surface area (Å²) in [5.41, 5.74) is 5.24. The molecule has 0 unspecified atom stereocenters. The van der Waals surface area contributed by atoms with Crippen LogP contribution in [0.1, 0.15) is 25.3 Å². The third-order valence-corrected chi connectivity index (χ3v) is 3.46. The minimum atomic E-state index is 0.537. The molecule has 0 atom stereocenters. The Balaban J connectivity index is 2.27. The van der Waals surface area contributed by atoms with Crippen molar-refractivity contribution in [1.82, 2.24) is 4.98 Å². The monoisotopic (exact) mass is 235 g/mol. The quantitative estimate of drug-likeness (QED) is 0.646. The number of rotatable bonds is 2. The number of aromatic nitrogens is 1. The first kappa shape index (κ1) is 11.1. The summed E-state index contributed by atoms with van der Waals surface area (Å²) in [5, 5.41) is 1.30. The van der Waals surface area contributed by atoms with Gasteiger partial charge in [0.15, 0.2) is 0 Å². The van der Waals surface area contributed by atoms with Crippen LogP contribution in [0.25, 0.3) is 22.0 Å². The number of benzene rings is 2. The van der Waals surface area contributed by atoms with E-state index in [-0.39, 0.29) is 0 Å². The van der Waals surface area contributed by atoms with E-state index in [2.05, 4.69) is 73.6 Å². The molecule has 0 fully saturated rings. The van der Waals surface area contributed by atoms with Crippen LogP contribution in [-0.2, 0) is 0 Å². The van der Waals surface area contributed by atoms with E-state index in [1.165, 1.54) is 27.6 Å². The first-order chi connectivity index (χ1) is 8.77. The maximum absolute atomic E-state index is 3.35. The molecule has 90 valence electrons. The third kappa shape index (κ3) is 1.72. The van der Waals surface area contributed by atoms with Gasteiger partial charge in [0.25, 0.3) is 0 Å². The summed E-state index contributed by atoms with van der Waals surface area (Å²) in [5.74, 6) is 0.537. The summed E-state index contributed by atoms with van der Waals surface area (Å²) in [6, 6.07) is 17.1. The zero-order valence-corrected chi connectivity index (χ0v) is 10.8. The smallest absolute Gasteiger partial charge is 0.0460 e. The van der Waals surface area contributed by atoms with E-state index >= 15 is 0 Å². The highest BCUT2D eigenvalue weighted by atomic mass is 14.7. The van der Waals surface area contributed by atoms with Gasteiger partial charge >= 0.3 is 0 Å². The fourth-order valence-corrected chi connectivity index (χ4v) is 2.54. The second kappa shape index (κ2) is 4.34. The topological polar surface area (TPSA) is 15.8 Å². The molecule has 0 radical (unpaired) electrons. The molecule has 1 N–H and O–H groups in total. The predicted molar refractivity (Wildman–Crippen MR) is 77.8 cm³/mol. The van der Waals surface area contributed by atoms with Gasteiger partial charge in [0.1, 0.15) is 0 Å². The first-order valence-corrected chi connectivity index (χ1v) is 6.43. The highest BCUT2D eigenvalue weighted by Crippen LogP contribution is 2.33. The standard InChI is InChI=1S/C17H17N/c1-12(2)13-7-3-4-8-14(13)16-11-18-17-10-6-5-9-15(16)17/h3-12,18H,1-2H3. The summed E-state index contributed by atoms with van der Waals surface area (Å²) < 4.78 is 0. The van der Waals surface area contributed by atoms with Crippen molar-refractivity contribution in [2.45, 2.75) is 19.8 Å². The van der Waals surface area contributed by atoms with Crippen LogP contribution in [0.3, 0.4) is 0 Å². The molecule has 3 rings (SSSR count). The van der Waals surface area contributed by atoms with Gasteiger partial charge in [0, 0.05) is 22.7 Å². The zero-order chi connectivity index (χ0) is 12.5. The molecule has 0 saturated heterocycles. The Morgan fingerprint density at radius 1 is 0.833 bits per heavy atom. The van der Waals surface area contributed by atoms with Gasteiger partial charge in [-0.05, 0) is 23.1 Å². The molecule has 18 heavy (non-hydrogen) atoms. The van der Waals surface area contributed by atoms with Gasteiger partial charge in [-0.2, -0.15) is 0 Å². The van der Waals surface area contributed by atoms with Gasteiger partial charge in [0.05, 0.1) is 0 Å². The average Bonchev–Trinajstić information content (AvgIpc) is 2.82. The van der Waals surface area contributed by atoms with E-state index in [4.69, 9.17) is 0 Å². The Hall–Kier alpha value is -2.02. The Labute approximate surface area is 107 Å². The molecular weight excluding hydrogens is 218 g/mol. The van der Waals surface area contributed by atoms with Crippen molar-refractivity contribution in [3.8, 4) is 11.1 Å². The lowest BCUT2D eigenvalue weighted by atomic mass is 9.92. The van der Waals surface area contributed by atoms with E-state index in [0.717, 1.165) is 0 Å². The van der Waals surface area contributed by atoms with Crippen molar-refractivity contribution in [1.29, 1.82) is 0 Å². The van der Waals surface area contributed by atoms with Gasteiger partial charge in [-0.25, -0.2) is 0 Å². The van der Waals surface area contributed by atoms with E-state index < -0.39 is 0 Å². The molecule has 0 aliphatic heterocycles. The van der Waals surface area contributed by atoms with Gasteiger partial charge < -0.3 is 4.98 Å². The number of hydrogen-bond acceptors (Lipinski definition) is 0. The number of hydrogen-bond donors (Lipinski definition) is 1. The highest BCUT2D eigenvalue weighted by molar-refractivity contribution is 5.96. The SMILES string of the molecule is CC(C)c1ccccc1-c1c[nH]c2ccccc12. The maximum Gasteiger partial charge on any atom is 0.0460 e. The van der Waals surface area contributed by atoms with Gasteiger partial charge in [-0.15, -0.1) is 0 Å². The molecule has 1 aromatic heterocycles. The summed E-state index contributed by atoms with van der Waals surface area (Å²) in [7, 11) is 0. The minimum absolute atomic E-state index is 0.537. The van der Waals surface area contributed by atoms with Gasteiger partial charge in [0.2, 0.25) is 0 Å². The summed E-state index contributed by atoms with van der Waals surface area (Å²) >= 11 is 0. The van der Waals surface area contributed by atoms with Crippen LogP contribution in [0.15, 0.2) is 54.7 Å². The minimum Gasteiger partial charge on any atom is -0.361 e. The number of H-pyrrole nitrogens is 1. The molecule has 0 aliphatic rings. The summed E-state index contributed by atoms with van der Waals surface area (Å²) in [6.45, 7) is 4.49.